The minimum absolute atomic E-state index is 0.160. The van der Waals surface area contributed by atoms with Crippen LogP contribution in [0.1, 0.15) is 17.5 Å². The molecule has 2 aromatic rings. The van der Waals surface area contributed by atoms with Crippen molar-refractivity contribution in [1.29, 1.82) is 0 Å². The molecule has 0 saturated carbocycles. The Bertz CT molecular complexity index is 1180. The molecule has 2 aliphatic heterocycles. The van der Waals surface area contributed by atoms with Crippen molar-refractivity contribution in [1.82, 2.24) is 19.4 Å². The van der Waals surface area contributed by atoms with Crippen molar-refractivity contribution in [3.63, 3.8) is 0 Å². The summed E-state index contributed by atoms with van der Waals surface area (Å²) >= 11 is 6.93. The highest BCUT2D eigenvalue weighted by Crippen LogP contribution is 2.34. The van der Waals surface area contributed by atoms with Gasteiger partial charge in [0, 0.05) is 32.6 Å². The normalized spacial score (nSPS) is 24.7. The van der Waals surface area contributed by atoms with Crippen LogP contribution in [0.25, 0.3) is 0 Å². The van der Waals surface area contributed by atoms with Gasteiger partial charge in [0.1, 0.15) is 9.75 Å². The fraction of sp³-hybridized carbons (Fsp3) is 0.429. The molecule has 3 amide bonds. The Morgan fingerprint density at radius 3 is 2.44 bits per heavy atom. The predicted octanol–water partition coefficient (Wildman–Crippen LogP) is 2.14. The lowest BCUT2D eigenvalue weighted by Gasteiger charge is -2.35. The molecule has 3 aliphatic rings. The van der Waals surface area contributed by atoms with Crippen LogP contribution in [0.2, 0.25) is 4.34 Å². The van der Waals surface area contributed by atoms with Crippen molar-refractivity contribution in [2.24, 2.45) is 0 Å². The highest BCUT2D eigenvalue weighted by molar-refractivity contribution is 7.91. The number of urea groups is 1. The van der Waals surface area contributed by atoms with Gasteiger partial charge >= 0.3 is 6.03 Å². The summed E-state index contributed by atoms with van der Waals surface area (Å²) in [6.07, 6.45) is 1.83. The fourth-order valence-corrected chi connectivity index (χ4v) is 7.76. The first-order chi connectivity index (χ1) is 15.3. The number of imide groups is 1. The van der Waals surface area contributed by atoms with Crippen LogP contribution < -0.4 is 5.32 Å². The molecule has 0 bridgehead atoms. The second-order valence-corrected chi connectivity index (χ2v) is 12.3. The Balaban J connectivity index is 1.23. The maximum atomic E-state index is 13.3. The standard InChI is InChI=1S/C21H23ClN4O4S2/c22-17-5-6-18(31-17)32(29,30)25-11-9-24(10-12-25)14-26-19(27)21(23-20(26)28)8-7-15-3-1-2-4-16(15)13-21/h1-6H,7-14H2,(H,23,28). The number of hydrogen-bond donors (Lipinski definition) is 1. The van der Waals surface area contributed by atoms with Crippen molar-refractivity contribution < 1.29 is 18.0 Å². The van der Waals surface area contributed by atoms with Gasteiger partial charge in [-0.25, -0.2) is 18.1 Å². The average Bonchev–Trinajstić information content (AvgIpc) is 3.32. The number of nitrogens with zero attached hydrogens (tertiary/aromatic N) is 3. The Morgan fingerprint density at radius 1 is 1.03 bits per heavy atom. The number of nitrogens with one attached hydrogen (secondary N) is 1. The molecule has 2 saturated heterocycles. The monoisotopic (exact) mass is 494 g/mol. The number of benzene rings is 1. The van der Waals surface area contributed by atoms with Gasteiger partial charge in [-0.15, -0.1) is 11.3 Å². The fourth-order valence-electron chi connectivity index (χ4n) is 4.70. The van der Waals surface area contributed by atoms with Crippen LogP contribution >= 0.6 is 22.9 Å². The van der Waals surface area contributed by atoms with Crippen LogP contribution in [0.4, 0.5) is 4.79 Å². The number of amides is 3. The van der Waals surface area contributed by atoms with E-state index in [9.17, 15) is 18.0 Å². The van der Waals surface area contributed by atoms with Crippen LogP contribution in [0, 0.1) is 0 Å². The van der Waals surface area contributed by atoms with Crippen LogP contribution in [0.5, 0.6) is 0 Å². The zero-order valence-electron chi connectivity index (χ0n) is 17.3. The molecule has 1 atom stereocenters. The third-order valence-corrected chi connectivity index (χ3v) is 10.1. The number of aryl methyl sites for hydroxylation is 1. The van der Waals surface area contributed by atoms with E-state index in [0.717, 1.165) is 23.3 Å². The molecular weight excluding hydrogens is 472 g/mol. The Labute approximate surface area is 195 Å². The van der Waals surface area contributed by atoms with Crippen molar-refractivity contribution in [2.75, 3.05) is 32.8 Å². The van der Waals surface area contributed by atoms with Gasteiger partial charge in [0.15, 0.2) is 0 Å². The number of sulfonamides is 1. The lowest BCUT2D eigenvalue weighted by atomic mass is 9.78. The predicted molar refractivity (Wildman–Crippen MR) is 121 cm³/mol. The molecule has 3 heterocycles. The first-order valence-electron chi connectivity index (χ1n) is 10.5. The van der Waals surface area contributed by atoms with Gasteiger partial charge in [0.2, 0.25) is 0 Å². The van der Waals surface area contributed by atoms with E-state index in [-0.39, 0.29) is 22.8 Å². The van der Waals surface area contributed by atoms with Gasteiger partial charge in [-0.1, -0.05) is 35.9 Å². The first-order valence-corrected chi connectivity index (χ1v) is 13.1. The van der Waals surface area contributed by atoms with Crippen LogP contribution in [0.3, 0.4) is 0 Å². The number of fused-ring (bicyclic) bond motifs is 1. The molecule has 5 rings (SSSR count). The maximum absolute atomic E-state index is 13.3. The number of carbonyl (C=O) groups excluding carboxylic acids is 2. The molecule has 1 aliphatic carbocycles. The number of carbonyl (C=O) groups is 2. The third-order valence-electron chi connectivity index (χ3n) is 6.49. The van der Waals surface area contributed by atoms with Crippen molar-refractivity contribution >= 4 is 44.9 Å². The molecule has 32 heavy (non-hydrogen) atoms. The van der Waals surface area contributed by atoms with Crippen molar-refractivity contribution in [3.05, 3.63) is 51.9 Å². The number of hydrogen-bond acceptors (Lipinski definition) is 6. The largest absolute Gasteiger partial charge is 0.326 e. The van der Waals surface area contributed by atoms with Gasteiger partial charge < -0.3 is 5.32 Å². The van der Waals surface area contributed by atoms with Crippen LogP contribution in [-0.4, -0.2) is 72.8 Å². The van der Waals surface area contributed by atoms with Gasteiger partial charge in [0.05, 0.1) is 11.0 Å². The molecular formula is C21H23ClN4O4S2. The molecule has 11 heteroatoms. The van der Waals surface area contributed by atoms with E-state index in [1.165, 1.54) is 20.8 Å². The third kappa shape index (κ3) is 3.73. The van der Waals surface area contributed by atoms with E-state index < -0.39 is 15.6 Å². The summed E-state index contributed by atoms with van der Waals surface area (Å²) in [5.41, 5.74) is 1.44. The molecule has 1 N–H and O–H groups in total. The smallest absolute Gasteiger partial charge is 0.323 e. The quantitative estimate of drug-likeness (QED) is 0.658. The summed E-state index contributed by atoms with van der Waals surface area (Å²) in [6.45, 7) is 1.61. The molecule has 1 unspecified atom stereocenters. The van der Waals surface area contributed by atoms with E-state index in [2.05, 4.69) is 11.4 Å². The van der Waals surface area contributed by atoms with E-state index in [4.69, 9.17) is 11.6 Å². The van der Waals surface area contributed by atoms with Crippen molar-refractivity contribution in [3.8, 4) is 0 Å². The number of halogens is 1. The highest BCUT2D eigenvalue weighted by Gasteiger charge is 2.52. The van der Waals surface area contributed by atoms with Gasteiger partial charge in [-0.3, -0.25) is 9.69 Å². The van der Waals surface area contributed by atoms with E-state index >= 15 is 0 Å². The minimum atomic E-state index is -3.58. The highest BCUT2D eigenvalue weighted by atomic mass is 35.5. The molecule has 8 nitrogen and oxygen atoms in total. The SMILES string of the molecule is O=C1NC2(CCc3ccccc3C2)C(=O)N1CN1CCN(S(=O)(=O)c2ccc(Cl)s2)CC1. The van der Waals surface area contributed by atoms with E-state index in [1.54, 1.807) is 6.07 Å². The maximum Gasteiger partial charge on any atom is 0.326 e. The van der Waals surface area contributed by atoms with E-state index in [0.29, 0.717) is 43.4 Å². The summed E-state index contributed by atoms with van der Waals surface area (Å²) in [5.74, 6) is -0.194. The summed E-state index contributed by atoms with van der Waals surface area (Å²) in [4.78, 5) is 29.2. The summed E-state index contributed by atoms with van der Waals surface area (Å²) in [6, 6.07) is 10.7. The number of thiophene rings is 1. The Morgan fingerprint density at radius 2 is 1.75 bits per heavy atom. The van der Waals surface area contributed by atoms with Crippen LogP contribution in [0.15, 0.2) is 40.6 Å². The topological polar surface area (TPSA) is 90.0 Å². The lowest BCUT2D eigenvalue weighted by molar-refractivity contribution is -0.133. The van der Waals surface area contributed by atoms with Gasteiger partial charge in [-0.05, 0) is 36.1 Å². The molecule has 170 valence electrons. The average molecular weight is 495 g/mol. The van der Waals surface area contributed by atoms with Gasteiger partial charge in [0.25, 0.3) is 15.9 Å². The summed E-state index contributed by atoms with van der Waals surface area (Å²) in [7, 11) is -3.58. The zero-order valence-corrected chi connectivity index (χ0v) is 19.7. The molecule has 2 fully saturated rings. The Hall–Kier alpha value is -1.98. The zero-order chi connectivity index (χ0) is 22.5. The summed E-state index contributed by atoms with van der Waals surface area (Å²) in [5, 5.41) is 2.95. The number of piperazine rings is 1. The van der Waals surface area contributed by atoms with E-state index in [1.807, 2.05) is 23.1 Å². The second kappa shape index (κ2) is 8.11. The Kier molecular flexibility index (Phi) is 5.53. The van der Waals surface area contributed by atoms with Crippen molar-refractivity contribution in [2.45, 2.75) is 29.0 Å². The molecule has 0 radical (unpaired) electrons. The molecule has 1 aromatic heterocycles. The lowest BCUT2D eigenvalue weighted by Crippen LogP contribution is -2.54. The molecule has 1 aromatic carbocycles. The van der Waals surface area contributed by atoms with Gasteiger partial charge in [-0.2, -0.15) is 4.31 Å². The minimum Gasteiger partial charge on any atom is -0.323 e. The number of rotatable bonds is 4. The molecule has 1 spiro atoms. The van der Waals surface area contributed by atoms with Crippen LogP contribution in [-0.2, 0) is 27.7 Å². The first kappa shape index (κ1) is 21.8. The second-order valence-electron chi connectivity index (χ2n) is 8.41. The summed E-state index contributed by atoms with van der Waals surface area (Å²) < 4.78 is 27.7.